The van der Waals surface area contributed by atoms with E-state index in [1.807, 2.05) is 19.1 Å². The highest BCUT2D eigenvalue weighted by atomic mass is 32.1. The summed E-state index contributed by atoms with van der Waals surface area (Å²) in [5.41, 5.74) is 11.8. The molecule has 2 aromatic carbocycles. The Morgan fingerprint density at radius 2 is 1.93 bits per heavy atom. The topological polar surface area (TPSA) is 92.5 Å². The molecule has 4 N–H and O–H groups in total. The van der Waals surface area contributed by atoms with Crippen LogP contribution in [0.3, 0.4) is 0 Å². The van der Waals surface area contributed by atoms with Gasteiger partial charge in [-0.1, -0.05) is 41.2 Å². The summed E-state index contributed by atoms with van der Waals surface area (Å²) in [4.78, 5) is 0. The van der Waals surface area contributed by atoms with E-state index in [1.165, 1.54) is 22.5 Å². The fourth-order valence-corrected chi connectivity index (χ4v) is 3.75. The van der Waals surface area contributed by atoms with Crippen LogP contribution < -0.4 is 11.1 Å². The monoisotopic (exact) mass is 378 g/mol. The van der Waals surface area contributed by atoms with Crippen molar-refractivity contribution in [2.24, 2.45) is 5.73 Å². The van der Waals surface area contributed by atoms with Gasteiger partial charge < -0.3 is 11.1 Å². The molecule has 0 aliphatic heterocycles. The molecule has 0 unspecified atom stereocenters. The van der Waals surface area contributed by atoms with Crippen molar-refractivity contribution in [2.45, 2.75) is 26.3 Å². The number of hydrogen-bond donors (Lipinski definition) is 3. The maximum Gasteiger partial charge on any atom is 0.206 e. The highest BCUT2D eigenvalue weighted by Gasteiger charge is 2.11. The van der Waals surface area contributed by atoms with E-state index in [9.17, 15) is 0 Å². The predicted octanol–water partition coefficient (Wildman–Crippen LogP) is 3.68. The molecule has 2 aromatic heterocycles. The number of hydrogen-bond acceptors (Lipinski definition) is 6. The molecule has 0 radical (unpaired) electrons. The zero-order valence-corrected chi connectivity index (χ0v) is 16.2. The Morgan fingerprint density at radius 1 is 1.11 bits per heavy atom. The normalized spacial score (nSPS) is 12.4. The van der Waals surface area contributed by atoms with Crippen LogP contribution in [-0.2, 0) is 6.42 Å². The average molecular weight is 379 g/mol. The van der Waals surface area contributed by atoms with Gasteiger partial charge in [-0.2, -0.15) is 5.10 Å². The van der Waals surface area contributed by atoms with Gasteiger partial charge in [0.25, 0.3) is 0 Å². The maximum absolute atomic E-state index is 6.26. The lowest BCUT2D eigenvalue weighted by molar-refractivity contribution is 0.698. The predicted molar refractivity (Wildman–Crippen MR) is 111 cm³/mol. The van der Waals surface area contributed by atoms with Crippen LogP contribution in [0.15, 0.2) is 42.5 Å². The lowest BCUT2D eigenvalue weighted by Crippen LogP contribution is -2.31. The van der Waals surface area contributed by atoms with Crippen molar-refractivity contribution < 1.29 is 0 Å². The molecular weight excluding hydrogens is 356 g/mol. The summed E-state index contributed by atoms with van der Waals surface area (Å²) >= 11 is 1.53. The second-order valence-electron chi connectivity index (χ2n) is 6.82. The third-order valence-electron chi connectivity index (χ3n) is 4.55. The van der Waals surface area contributed by atoms with Crippen LogP contribution in [0.2, 0.25) is 0 Å². The van der Waals surface area contributed by atoms with Crippen LogP contribution in [0.5, 0.6) is 0 Å². The minimum absolute atomic E-state index is 0.0185. The van der Waals surface area contributed by atoms with E-state index < -0.39 is 0 Å². The van der Waals surface area contributed by atoms with Crippen LogP contribution in [0.1, 0.15) is 16.8 Å². The third-order valence-corrected chi connectivity index (χ3v) is 5.48. The van der Waals surface area contributed by atoms with E-state index in [1.54, 1.807) is 0 Å². The Balaban J connectivity index is 1.40. The summed E-state index contributed by atoms with van der Waals surface area (Å²) in [6.45, 7) is 4.76. The summed E-state index contributed by atoms with van der Waals surface area (Å²) in [5, 5.41) is 21.9. The number of benzene rings is 2. The summed E-state index contributed by atoms with van der Waals surface area (Å²) in [5.74, 6) is 0. The first kappa shape index (κ1) is 17.6. The molecule has 0 aliphatic carbocycles. The zero-order valence-electron chi connectivity index (χ0n) is 15.4. The number of aryl methyl sites for hydroxylation is 2. The molecular formula is C20H22N6S. The van der Waals surface area contributed by atoms with Crippen molar-refractivity contribution in [2.75, 3.05) is 11.9 Å². The average Bonchev–Trinajstić information content (AvgIpc) is 3.29. The minimum atomic E-state index is 0.0185. The summed E-state index contributed by atoms with van der Waals surface area (Å²) < 4.78 is 0. The Labute approximate surface area is 161 Å². The van der Waals surface area contributed by atoms with Gasteiger partial charge in [0, 0.05) is 29.2 Å². The SMILES string of the molecule is Cc1ccc(C[C@H](N)CNc2nnc(-c3ccc4n[nH]c(C)c4c3)s2)cc1. The molecule has 1 atom stereocenters. The summed E-state index contributed by atoms with van der Waals surface area (Å²) in [6.07, 6.45) is 0.829. The molecule has 0 aliphatic rings. The van der Waals surface area contributed by atoms with Crippen molar-refractivity contribution in [1.82, 2.24) is 20.4 Å². The van der Waals surface area contributed by atoms with Crippen molar-refractivity contribution >= 4 is 27.4 Å². The fraction of sp³-hybridized carbons (Fsp3) is 0.250. The molecule has 6 nitrogen and oxygen atoms in total. The Bertz CT molecular complexity index is 1050. The lowest BCUT2D eigenvalue weighted by atomic mass is 10.1. The van der Waals surface area contributed by atoms with Gasteiger partial charge in [-0.3, -0.25) is 5.10 Å². The van der Waals surface area contributed by atoms with Crippen molar-refractivity contribution in [1.29, 1.82) is 0 Å². The second-order valence-corrected chi connectivity index (χ2v) is 7.80. The molecule has 7 heteroatoms. The second kappa shape index (κ2) is 7.46. The van der Waals surface area contributed by atoms with E-state index in [0.717, 1.165) is 38.7 Å². The minimum Gasteiger partial charge on any atom is -0.359 e. The number of aromatic nitrogens is 4. The van der Waals surface area contributed by atoms with E-state index in [4.69, 9.17) is 5.73 Å². The Morgan fingerprint density at radius 3 is 2.74 bits per heavy atom. The van der Waals surface area contributed by atoms with Gasteiger partial charge in [0.15, 0.2) is 0 Å². The molecule has 0 saturated carbocycles. The van der Waals surface area contributed by atoms with Crippen molar-refractivity contribution in [3.63, 3.8) is 0 Å². The molecule has 4 aromatic rings. The van der Waals surface area contributed by atoms with Gasteiger partial charge in [0.05, 0.1) is 5.52 Å². The first-order valence-electron chi connectivity index (χ1n) is 8.92. The molecule has 27 heavy (non-hydrogen) atoms. The number of nitrogens with one attached hydrogen (secondary N) is 2. The number of rotatable bonds is 6. The van der Waals surface area contributed by atoms with Gasteiger partial charge in [0.2, 0.25) is 5.13 Å². The van der Waals surface area contributed by atoms with E-state index in [2.05, 4.69) is 63.0 Å². The molecule has 0 spiro atoms. The van der Waals surface area contributed by atoms with E-state index >= 15 is 0 Å². The van der Waals surface area contributed by atoms with Gasteiger partial charge >= 0.3 is 0 Å². The van der Waals surface area contributed by atoms with Crippen LogP contribution in [0.25, 0.3) is 21.5 Å². The van der Waals surface area contributed by atoms with Crippen molar-refractivity contribution in [3.05, 3.63) is 59.3 Å². The number of anilines is 1. The van der Waals surface area contributed by atoms with Crippen molar-refractivity contribution in [3.8, 4) is 10.6 Å². The van der Waals surface area contributed by atoms with Gasteiger partial charge in [0.1, 0.15) is 5.01 Å². The summed E-state index contributed by atoms with van der Waals surface area (Å²) in [7, 11) is 0. The van der Waals surface area contributed by atoms with Crippen LogP contribution >= 0.6 is 11.3 Å². The Hall–Kier alpha value is -2.77. The lowest BCUT2D eigenvalue weighted by Gasteiger charge is -2.12. The molecule has 0 saturated heterocycles. The van der Waals surface area contributed by atoms with E-state index in [0.29, 0.717) is 6.54 Å². The first-order chi connectivity index (χ1) is 13.1. The highest BCUT2D eigenvalue weighted by Crippen LogP contribution is 2.29. The molecule has 4 rings (SSSR count). The molecule has 0 amide bonds. The third kappa shape index (κ3) is 3.99. The van der Waals surface area contributed by atoms with Gasteiger partial charge in [-0.25, -0.2) is 0 Å². The first-order valence-corrected chi connectivity index (χ1v) is 9.74. The quantitative estimate of drug-likeness (QED) is 0.476. The highest BCUT2D eigenvalue weighted by molar-refractivity contribution is 7.18. The molecule has 138 valence electrons. The number of fused-ring (bicyclic) bond motifs is 1. The molecule has 0 fully saturated rings. The molecule has 0 bridgehead atoms. The Kier molecular flexibility index (Phi) is 4.87. The van der Waals surface area contributed by atoms with Crippen LogP contribution in [0, 0.1) is 13.8 Å². The number of nitrogens with two attached hydrogens (primary N) is 1. The zero-order chi connectivity index (χ0) is 18.8. The van der Waals surface area contributed by atoms with E-state index in [-0.39, 0.29) is 6.04 Å². The number of H-pyrrole nitrogens is 1. The van der Waals surface area contributed by atoms with Crippen LogP contribution in [0.4, 0.5) is 5.13 Å². The van der Waals surface area contributed by atoms with Crippen LogP contribution in [-0.4, -0.2) is 33.0 Å². The van der Waals surface area contributed by atoms with Gasteiger partial charge in [-0.15, -0.1) is 10.2 Å². The summed E-state index contributed by atoms with van der Waals surface area (Å²) in [6, 6.07) is 14.6. The fourth-order valence-electron chi connectivity index (χ4n) is 3.00. The molecule has 2 heterocycles. The number of nitrogens with zero attached hydrogens (tertiary/aromatic N) is 3. The largest absolute Gasteiger partial charge is 0.359 e. The van der Waals surface area contributed by atoms with Gasteiger partial charge in [-0.05, 0) is 44.0 Å². The standard InChI is InChI=1S/C20H22N6S/c1-12-3-5-14(6-4-12)9-16(21)11-22-20-26-25-19(27-20)15-7-8-18-17(10-15)13(2)23-24-18/h3-8,10,16H,9,11,21H2,1-2H3,(H,22,26)(H,23,24)/t16-/m0/s1. The number of aromatic amines is 1. The maximum atomic E-state index is 6.26. The smallest absolute Gasteiger partial charge is 0.206 e.